The van der Waals surface area contributed by atoms with Gasteiger partial charge in [0.2, 0.25) is 0 Å². The van der Waals surface area contributed by atoms with Crippen LogP contribution in [0.15, 0.2) is 47.4 Å². The van der Waals surface area contributed by atoms with Gasteiger partial charge < -0.3 is 14.8 Å². The van der Waals surface area contributed by atoms with Crippen LogP contribution in [-0.4, -0.2) is 35.5 Å². The van der Waals surface area contributed by atoms with E-state index in [-0.39, 0.29) is 33.7 Å². The van der Waals surface area contributed by atoms with Gasteiger partial charge in [0.05, 0.1) is 23.2 Å². The maximum Gasteiger partial charge on any atom is 0.446 e. The Morgan fingerprint density at radius 1 is 1.17 bits per heavy atom. The molecule has 0 saturated carbocycles. The molecule has 2 aromatic rings. The van der Waals surface area contributed by atoms with Crippen LogP contribution in [-0.2, 0) is 9.53 Å². The highest BCUT2D eigenvalue weighted by atomic mass is 32.2. The zero-order valence-corrected chi connectivity index (χ0v) is 16.2. The van der Waals surface area contributed by atoms with E-state index >= 15 is 0 Å². The summed E-state index contributed by atoms with van der Waals surface area (Å²) in [5, 5.41) is 13.4. The Morgan fingerprint density at radius 2 is 1.83 bits per heavy atom. The molecule has 0 unspecified atom stereocenters. The molecule has 0 spiro atoms. The van der Waals surface area contributed by atoms with Gasteiger partial charge in [0.15, 0.2) is 6.61 Å². The van der Waals surface area contributed by atoms with Crippen molar-refractivity contribution >= 4 is 35.0 Å². The fourth-order valence-electron chi connectivity index (χ4n) is 2.22. The number of rotatable bonds is 8. The number of esters is 1. The largest absolute Gasteiger partial charge is 0.494 e. The Balaban J connectivity index is 1.96. The van der Waals surface area contributed by atoms with Gasteiger partial charge in [0.1, 0.15) is 11.4 Å². The number of carbonyl (C=O) groups is 2. The van der Waals surface area contributed by atoms with Crippen LogP contribution in [0.25, 0.3) is 0 Å². The zero-order chi connectivity index (χ0) is 22.3. The Kier molecular flexibility index (Phi) is 7.64. The molecule has 0 atom stereocenters. The SMILES string of the molecule is CCOc1ccc(NC(=O)COC(=O)c2ccc(SC(F)(F)F)cc2)c([N+](=O)[O-])c1. The number of nitro benzene ring substituents is 1. The number of ether oxygens (including phenoxy) is 2. The summed E-state index contributed by atoms with van der Waals surface area (Å²) in [6.45, 7) is 1.26. The molecule has 8 nitrogen and oxygen atoms in total. The molecule has 30 heavy (non-hydrogen) atoms. The molecule has 160 valence electrons. The van der Waals surface area contributed by atoms with Crippen LogP contribution in [0.1, 0.15) is 17.3 Å². The Morgan fingerprint density at radius 3 is 2.40 bits per heavy atom. The highest BCUT2D eigenvalue weighted by Crippen LogP contribution is 2.36. The first kappa shape index (κ1) is 23.0. The highest BCUT2D eigenvalue weighted by Gasteiger charge is 2.29. The quantitative estimate of drug-likeness (QED) is 0.278. The molecule has 0 radical (unpaired) electrons. The van der Waals surface area contributed by atoms with Crippen molar-refractivity contribution in [2.45, 2.75) is 17.3 Å². The van der Waals surface area contributed by atoms with Crippen molar-refractivity contribution in [3.05, 3.63) is 58.1 Å². The third kappa shape index (κ3) is 6.95. The fourth-order valence-corrected chi connectivity index (χ4v) is 2.76. The van der Waals surface area contributed by atoms with Crippen molar-refractivity contribution < 1.29 is 37.2 Å². The summed E-state index contributed by atoms with van der Waals surface area (Å²) in [5.74, 6) is -1.52. The van der Waals surface area contributed by atoms with Crippen LogP contribution in [0, 0.1) is 10.1 Å². The molecule has 0 heterocycles. The second kappa shape index (κ2) is 9.96. The number of benzene rings is 2. The third-order valence-electron chi connectivity index (χ3n) is 3.41. The molecule has 0 aromatic heterocycles. The first-order valence-corrected chi connectivity index (χ1v) is 9.14. The summed E-state index contributed by atoms with van der Waals surface area (Å²) < 4.78 is 46.9. The maximum absolute atomic E-state index is 12.3. The van der Waals surface area contributed by atoms with Crippen molar-refractivity contribution in [1.82, 2.24) is 0 Å². The molecule has 0 saturated heterocycles. The lowest BCUT2D eigenvalue weighted by Crippen LogP contribution is -2.21. The van der Waals surface area contributed by atoms with E-state index in [0.29, 0.717) is 6.61 Å². The lowest BCUT2D eigenvalue weighted by molar-refractivity contribution is -0.384. The molecule has 0 bridgehead atoms. The number of anilines is 1. The van der Waals surface area contributed by atoms with Crippen LogP contribution in [0.2, 0.25) is 0 Å². The van der Waals surface area contributed by atoms with Gasteiger partial charge >= 0.3 is 11.5 Å². The molecule has 1 amide bonds. The first-order valence-electron chi connectivity index (χ1n) is 8.33. The normalized spacial score (nSPS) is 10.9. The fraction of sp³-hybridized carbons (Fsp3) is 0.222. The number of nitro groups is 1. The van der Waals surface area contributed by atoms with E-state index in [0.717, 1.165) is 30.3 Å². The molecule has 0 aliphatic rings. The predicted molar refractivity (Wildman–Crippen MR) is 102 cm³/mol. The highest BCUT2D eigenvalue weighted by molar-refractivity contribution is 8.00. The Bertz CT molecular complexity index is 935. The number of hydrogen-bond donors (Lipinski definition) is 1. The van der Waals surface area contributed by atoms with Crippen molar-refractivity contribution in [3.63, 3.8) is 0 Å². The van der Waals surface area contributed by atoms with E-state index < -0.39 is 34.6 Å². The zero-order valence-electron chi connectivity index (χ0n) is 15.4. The number of nitrogens with zero attached hydrogens (tertiary/aromatic N) is 1. The van der Waals surface area contributed by atoms with Gasteiger partial charge in [0.25, 0.3) is 11.6 Å². The predicted octanol–water partition coefficient (Wildman–Crippen LogP) is 4.40. The van der Waals surface area contributed by atoms with Gasteiger partial charge in [-0.15, -0.1) is 0 Å². The van der Waals surface area contributed by atoms with E-state index in [9.17, 15) is 32.9 Å². The molecule has 0 aliphatic heterocycles. The molecule has 1 N–H and O–H groups in total. The van der Waals surface area contributed by atoms with Gasteiger partial charge in [-0.2, -0.15) is 13.2 Å². The average molecular weight is 444 g/mol. The van der Waals surface area contributed by atoms with E-state index in [4.69, 9.17) is 9.47 Å². The monoisotopic (exact) mass is 444 g/mol. The van der Waals surface area contributed by atoms with E-state index in [2.05, 4.69) is 5.32 Å². The molecule has 2 rings (SSSR count). The molecule has 0 fully saturated rings. The summed E-state index contributed by atoms with van der Waals surface area (Å²) in [6.07, 6.45) is 0. The second-order valence-electron chi connectivity index (χ2n) is 5.57. The summed E-state index contributed by atoms with van der Waals surface area (Å²) in [6, 6.07) is 8.30. The van der Waals surface area contributed by atoms with Gasteiger partial charge in [-0.25, -0.2) is 4.79 Å². The number of nitrogens with one attached hydrogen (secondary N) is 1. The van der Waals surface area contributed by atoms with Gasteiger partial charge in [0, 0.05) is 4.90 Å². The van der Waals surface area contributed by atoms with Gasteiger partial charge in [-0.05, 0) is 55.1 Å². The minimum atomic E-state index is -4.45. The average Bonchev–Trinajstić information content (AvgIpc) is 2.66. The summed E-state index contributed by atoms with van der Waals surface area (Å²) >= 11 is -0.332. The van der Waals surface area contributed by atoms with Gasteiger partial charge in [-0.1, -0.05) is 0 Å². The minimum Gasteiger partial charge on any atom is -0.494 e. The number of carbonyl (C=O) groups excluding carboxylic acids is 2. The van der Waals surface area contributed by atoms with Crippen molar-refractivity contribution in [2.75, 3.05) is 18.5 Å². The van der Waals surface area contributed by atoms with Crippen LogP contribution >= 0.6 is 11.8 Å². The van der Waals surface area contributed by atoms with E-state index in [1.54, 1.807) is 6.92 Å². The summed E-state index contributed by atoms with van der Waals surface area (Å²) in [4.78, 5) is 34.3. The number of alkyl halides is 3. The Labute approximate surface area is 172 Å². The molecule has 12 heteroatoms. The van der Waals surface area contributed by atoms with E-state index in [1.807, 2.05) is 0 Å². The van der Waals surface area contributed by atoms with Crippen LogP contribution in [0.4, 0.5) is 24.5 Å². The topological polar surface area (TPSA) is 108 Å². The molecular weight excluding hydrogens is 429 g/mol. The summed E-state index contributed by atoms with van der Waals surface area (Å²) in [7, 11) is 0. The van der Waals surface area contributed by atoms with E-state index in [1.165, 1.54) is 12.1 Å². The molecule has 0 aliphatic carbocycles. The summed E-state index contributed by atoms with van der Waals surface area (Å²) in [5.41, 5.74) is -5.03. The van der Waals surface area contributed by atoms with Crippen molar-refractivity contribution in [1.29, 1.82) is 0 Å². The van der Waals surface area contributed by atoms with Crippen LogP contribution in [0.5, 0.6) is 5.75 Å². The lowest BCUT2D eigenvalue weighted by atomic mass is 10.2. The number of hydrogen-bond acceptors (Lipinski definition) is 7. The number of halogens is 3. The smallest absolute Gasteiger partial charge is 0.446 e. The minimum absolute atomic E-state index is 0.0543. The van der Waals surface area contributed by atoms with Crippen molar-refractivity contribution in [2.24, 2.45) is 0 Å². The molecular formula is C18H15F3N2O6S. The van der Waals surface area contributed by atoms with Crippen LogP contribution < -0.4 is 10.1 Å². The van der Waals surface area contributed by atoms with Crippen molar-refractivity contribution in [3.8, 4) is 5.75 Å². The van der Waals surface area contributed by atoms with Crippen LogP contribution in [0.3, 0.4) is 0 Å². The lowest BCUT2D eigenvalue weighted by Gasteiger charge is -2.09. The van der Waals surface area contributed by atoms with Gasteiger partial charge in [-0.3, -0.25) is 14.9 Å². The Hall–Kier alpha value is -3.28. The second-order valence-corrected chi connectivity index (χ2v) is 6.70. The molecule has 2 aromatic carbocycles. The maximum atomic E-state index is 12.3. The standard InChI is InChI=1S/C18H15F3N2O6S/c1-2-28-12-5-8-14(15(9-12)23(26)27)22-16(24)10-29-17(25)11-3-6-13(7-4-11)30-18(19,20)21/h3-9H,2,10H2,1H3,(H,22,24). The number of amides is 1. The number of thioether (sulfide) groups is 1. The third-order valence-corrected chi connectivity index (χ3v) is 4.15. The first-order chi connectivity index (χ1) is 14.1.